The smallest absolute Gasteiger partial charge is 0.0542 e. The molecule has 0 bridgehead atoms. The van der Waals surface area contributed by atoms with E-state index in [9.17, 15) is 0 Å². The van der Waals surface area contributed by atoms with E-state index in [1.165, 1.54) is 63.9 Å². The van der Waals surface area contributed by atoms with Gasteiger partial charge in [0, 0.05) is 53.6 Å². The largest absolute Gasteiger partial charge is 0.310 e. The molecular formula is C46H30N2S. The van der Waals surface area contributed by atoms with Gasteiger partial charge in [0.15, 0.2) is 0 Å². The summed E-state index contributed by atoms with van der Waals surface area (Å²) in [5, 5.41) is 7.65. The maximum absolute atomic E-state index is 2.44. The van der Waals surface area contributed by atoms with Crippen molar-refractivity contribution < 1.29 is 0 Å². The number of rotatable bonds is 5. The molecule has 0 aliphatic rings. The Balaban J connectivity index is 1.25. The molecule has 2 heterocycles. The second-order valence-electron chi connectivity index (χ2n) is 12.6. The summed E-state index contributed by atoms with van der Waals surface area (Å²) in [5.74, 6) is 0. The topological polar surface area (TPSA) is 8.17 Å². The summed E-state index contributed by atoms with van der Waals surface area (Å²) in [6, 6.07) is 66.2. The average Bonchev–Trinajstić information content (AvgIpc) is 3.71. The van der Waals surface area contributed by atoms with Gasteiger partial charge in [-0.05, 0) is 77.0 Å². The Bertz CT molecular complexity index is 2830. The lowest BCUT2D eigenvalue weighted by atomic mass is 10.0. The molecule has 49 heavy (non-hydrogen) atoms. The second kappa shape index (κ2) is 11.2. The summed E-state index contributed by atoms with van der Waals surface area (Å²) in [4.78, 5) is 2.44. The Morgan fingerprint density at radius 2 is 1.08 bits per heavy atom. The molecule has 230 valence electrons. The fraction of sp³-hybridized carbons (Fsp3) is 0. The molecule has 10 rings (SSSR count). The van der Waals surface area contributed by atoms with Crippen LogP contribution in [0, 0.1) is 0 Å². The Kier molecular flexibility index (Phi) is 6.39. The molecule has 0 unspecified atom stereocenters. The first-order chi connectivity index (χ1) is 24.3. The molecule has 0 saturated carbocycles. The molecule has 0 amide bonds. The van der Waals surface area contributed by atoms with Crippen LogP contribution in [-0.4, -0.2) is 4.57 Å². The van der Waals surface area contributed by atoms with Gasteiger partial charge in [-0.3, -0.25) is 0 Å². The number of anilines is 3. The fourth-order valence-electron chi connectivity index (χ4n) is 7.54. The molecule has 0 fully saturated rings. The van der Waals surface area contributed by atoms with E-state index in [2.05, 4.69) is 191 Å². The fourth-order valence-corrected chi connectivity index (χ4v) is 8.76. The number of hydrogen-bond donors (Lipinski definition) is 0. The van der Waals surface area contributed by atoms with Gasteiger partial charge >= 0.3 is 0 Å². The van der Waals surface area contributed by atoms with Crippen molar-refractivity contribution in [3.8, 4) is 16.8 Å². The van der Waals surface area contributed by atoms with Gasteiger partial charge < -0.3 is 9.47 Å². The van der Waals surface area contributed by atoms with E-state index < -0.39 is 0 Å². The van der Waals surface area contributed by atoms with Gasteiger partial charge in [-0.2, -0.15) is 0 Å². The molecule has 0 saturated heterocycles. The highest BCUT2D eigenvalue weighted by Crippen LogP contribution is 2.46. The molecular weight excluding hydrogens is 613 g/mol. The van der Waals surface area contributed by atoms with Crippen molar-refractivity contribution in [2.45, 2.75) is 0 Å². The molecule has 0 radical (unpaired) electrons. The number of fused-ring (bicyclic) bond motifs is 8. The summed E-state index contributed by atoms with van der Waals surface area (Å²) >= 11 is 1.89. The zero-order chi connectivity index (χ0) is 32.3. The van der Waals surface area contributed by atoms with E-state index in [-0.39, 0.29) is 0 Å². The number of nitrogens with zero attached hydrogens (tertiary/aromatic N) is 2. The molecule has 10 aromatic rings. The van der Waals surface area contributed by atoms with Crippen molar-refractivity contribution >= 4 is 81.1 Å². The third-order valence-electron chi connectivity index (χ3n) is 9.76. The van der Waals surface area contributed by atoms with Crippen molar-refractivity contribution in [1.29, 1.82) is 0 Å². The van der Waals surface area contributed by atoms with Gasteiger partial charge in [0.2, 0.25) is 0 Å². The van der Waals surface area contributed by atoms with Gasteiger partial charge in [0.25, 0.3) is 0 Å². The van der Waals surface area contributed by atoms with Crippen LogP contribution in [0.2, 0.25) is 0 Å². The molecule has 0 aliphatic heterocycles. The molecule has 3 heteroatoms. The Morgan fingerprint density at radius 1 is 0.429 bits per heavy atom. The minimum absolute atomic E-state index is 1.12. The molecule has 0 N–H and O–H groups in total. The van der Waals surface area contributed by atoms with Gasteiger partial charge in [0.05, 0.1) is 16.7 Å². The minimum Gasteiger partial charge on any atom is -0.310 e. The zero-order valence-corrected chi connectivity index (χ0v) is 27.4. The van der Waals surface area contributed by atoms with E-state index in [4.69, 9.17) is 0 Å². The van der Waals surface area contributed by atoms with Gasteiger partial charge in [-0.1, -0.05) is 121 Å². The van der Waals surface area contributed by atoms with Gasteiger partial charge in [-0.25, -0.2) is 0 Å². The van der Waals surface area contributed by atoms with E-state index in [0.717, 1.165) is 22.7 Å². The van der Waals surface area contributed by atoms with Crippen molar-refractivity contribution in [1.82, 2.24) is 4.57 Å². The molecule has 2 nitrogen and oxygen atoms in total. The Hall–Kier alpha value is -6.16. The van der Waals surface area contributed by atoms with E-state index >= 15 is 0 Å². The maximum Gasteiger partial charge on any atom is 0.0542 e. The lowest BCUT2D eigenvalue weighted by molar-refractivity contribution is 1.18. The number of para-hydroxylation sites is 3. The molecule has 0 spiro atoms. The normalized spacial score (nSPS) is 11.7. The van der Waals surface area contributed by atoms with E-state index in [1.807, 2.05) is 11.3 Å². The highest BCUT2D eigenvalue weighted by Gasteiger charge is 2.21. The van der Waals surface area contributed by atoms with Crippen LogP contribution in [0.15, 0.2) is 182 Å². The molecule has 0 aliphatic carbocycles. The second-order valence-corrected chi connectivity index (χ2v) is 13.6. The van der Waals surface area contributed by atoms with Crippen LogP contribution in [0.5, 0.6) is 0 Å². The first-order valence-corrected chi connectivity index (χ1v) is 17.5. The lowest BCUT2D eigenvalue weighted by Gasteiger charge is -2.28. The lowest BCUT2D eigenvalue weighted by Crippen LogP contribution is -2.11. The predicted molar refractivity (Wildman–Crippen MR) is 211 cm³/mol. The average molecular weight is 643 g/mol. The standard InChI is InChI=1S/C46H30N2S/c1-3-13-31(14-4-1)36-18-9-11-21-42(36)47(35-25-28-45-41(30-35)39-26-23-32-15-7-8-19-37(32)46(39)49-45)34-24-27-44-40(29-34)38-20-10-12-22-43(38)48(44)33-16-5-2-6-17-33/h1-30H. The Morgan fingerprint density at radius 3 is 1.94 bits per heavy atom. The number of aromatic nitrogens is 1. The molecule has 8 aromatic carbocycles. The van der Waals surface area contributed by atoms with Crippen LogP contribution < -0.4 is 4.90 Å². The van der Waals surface area contributed by atoms with Crippen LogP contribution in [-0.2, 0) is 0 Å². The van der Waals surface area contributed by atoms with Crippen molar-refractivity contribution in [2.24, 2.45) is 0 Å². The SMILES string of the molecule is c1ccc(-c2ccccc2N(c2ccc3sc4c5ccccc5ccc4c3c2)c2ccc3c(c2)c2ccccc2n3-c2ccccc2)cc1. The summed E-state index contributed by atoms with van der Waals surface area (Å²) < 4.78 is 5.02. The van der Waals surface area contributed by atoms with Crippen LogP contribution in [0.3, 0.4) is 0 Å². The first kappa shape index (κ1) is 27.9. The number of benzene rings is 8. The summed E-state index contributed by atoms with van der Waals surface area (Å²) in [7, 11) is 0. The summed E-state index contributed by atoms with van der Waals surface area (Å²) in [5.41, 5.74) is 9.34. The van der Waals surface area contributed by atoms with Crippen molar-refractivity contribution in [3.63, 3.8) is 0 Å². The van der Waals surface area contributed by atoms with E-state index in [1.54, 1.807) is 0 Å². The summed E-state index contributed by atoms with van der Waals surface area (Å²) in [6.45, 7) is 0. The highest BCUT2D eigenvalue weighted by atomic mass is 32.1. The van der Waals surface area contributed by atoms with Crippen molar-refractivity contribution in [2.75, 3.05) is 4.90 Å². The van der Waals surface area contributed by atoms with Crippen LogP contribution in [0.1, 0.15) is 0 Å². The first-order valence-electron chi connectivity index (χ1n) is 16.7. The van der Waals surface area contributed by atoms with Crippen LogP contribution in [0.4, 0.5) is 17.1 Å². The molecule has 0 atom stereocenters. The quantitative estimate of drug-likeness (QED) is 0.181. The van der Waals surface area contributed by atoms with E-state index in [0.29, 0.717) is 0 Å². The third kappa shape index (κ3) is 4.47. The third-order valence-corrected chi connectivity index (χ3v) is 11.0. The van der Waals surface area contributed by atoms with Crippen molar-refractivity contribution in [3.05, 3.63) is 182 Å². The van der Waals surface area contributed by atoms with Crippen LogP contribution >= 0.6 is 11.3 Å². The predicted octanol–water partition coefficient (Wildman–Crippen LogP) is 13.4. The molecule has 2 aromatic heterocycles. The maximum atomic E-state index is 2.44. The zero-order valence-electron chi connectivity index (χ0n) is 26.6. The Labute approximate surface area is 288 Å². The minimum atomic E-state index is 1.12. The van der Waals surface area contributed by atoms with Gasteiger partial charge in [0.1, 0.15) is 0 Å². The monoisotopic (exact) mass is 642 g/mol. The summed E-state index contributed by atoms with van der Waals surface area (Å²) in [6.07, 6.45) is 0. The number of thiophene rings is 1. The highest BCUT2D eigenvalue weighted by molar-refractivity contribution is 7.26. The number of hydrogen-bond acceptors (Lipinski definition) is 2. The van der Waals surface area contributed by atoms with Gasteiger partial charge in [-0.15, -0.1) is 11.3 Å². The van der Waals surface area contributed by atoms with Crippen LogP contribution in [0.25, 0.3) is 69.6 Å².